The van der Waals surface area contributed by atoms with E-state index in [1.807, 2.05) is 25.1 Å². The molecule has 0 aliphatic heterocycles. The van der Waals surface area contributed by atoms with Crippen LogP contribution >= 0.6 is 12.2 Å². The van der Waals surface area contributed by atoms with Gasteiger partial charge in [-0.2, -0.15) is 0 Å². The number of hydrogen-bond acceptors (Lipinski definition) is 3. The molecule has 0 fully saturated rings. The summed E-state index contributed by atoms with van der Waals surface area (Å²) in [7, 11) is 3.25. The lowest BCUT2D eigenvalue weighted by molar-refractivity contribution is 0.354. The molecule has 0 aromatic heterocycles. The average Bonchev–Trinajstić information content (AvgIpc) is 2.26. The van der Waals surface area contributed by atoms with Gasteiger partial charge in [-0.15, -0.1) is 0 Å². The second-order valence-corrected chi connectivity index (χ2v) is 3.31. The monoisotopic (exact) mass is 210 g/mol. The first-order chi connectivity index (χ1) is 6.72. The van der Waals surface area contributed by atoms with E-state index in [-0.39, 0.29) is 5.92 Å². The number of hydrogen-bond donors (Lipinski definition) is 0. The highest BCUT2D eigenvalue weighted by Crippen LogP contribution is 2.29. The van der Waals surface area contributed by atoms with Gasteiger partial charge in [-0.1, -0.05) is 25.2 Å². The zero-order valence-corrected chi connectivity index (χ0v) is 9.43. The number of methoxy groups -OCH3 is 2. The van der Waals surface area contributed by atoms with E-state index in [1.165, 1.54) is 0 Å². The fourth-order valence-corrected chi connectivity index (χ4v) is 1.37. The summed E-state index contributed by atoms with van der Waals surface area (Å²) in [4.78, 5) is 0. The SMILES string of the molecule is COc1ccc(C(C)C=S)cc1OC. The zero-order valence-electron chi connectivity index (χ0n) is 8.61. The molecule has 0 amide bonds. The van der Waals surface area contributed by atoms with Gasteiger partial charge in [0.25, 0.3) is 0 Å². The van der Waals surface area contributed by atoms with E-state index in [0.29, 0.717) is 0 Å². The highest BCUT2D eigenvalue weighted by molar-refractivity contribution is 7.79. The van der Waals surface area contributed by atoms with Gasteiger partial charge in [-0.25, -0.2) is 0 Å². The number of rotatable bonds is 4. The van der Waals surface area contributed by atoms with Crippen LogP contribution in [0.2, 0.25) is 0 Å². The molecule has 0 spiro atoms. The quantitative estimate of drug-likeness (QED) is 0.712. The summed E-state index contributed by atoms with van der Waals surface area (Å²) in [5.74, 6) is 1.74. The molecule has 14 heavy (non-hydrogen) atoms. The van der Waals surface area contributed by atoms with E-state index in [9.17, 15) is 0 Å². The van der Waals surface area contributed by atoms with Crippen LogP contribution in [0, 0.1) is 0 Å². The number of benzene rings is 1. The van der Waals surface area contributed by atoms with Crippen molar-refractivity contribution < 1.29 is 9.47 Å². The lowest BCUT2D eigenvalue weighted by Crippen LogP contribution is -1.96. The molecule has 76 valence electrons. The minimum atomic E-state index is 0.254. The Morgan fingerprint density at radius 3 is 2.36 bits per heavy atom. The summed E-state index contributed by atoms with van der Waals surface area (Å²) in [5, 5.41) is 1.74. The average molecular weight is 210 g/mol. The van der Waals surface area contributed by atoms with Crippen molar-refractivity contribution in [2.24, 2.45) is 0 Å². The number of thiocarbonyl (C=S) groups is 1. The Kier molecular flexibility index (Phi) is 3.89. The lowest BCUT2D eigenvalue weighted by atomic mass is 10.0. The molecule has 1 rings (SSSR count). The predicted molar refractivity (Wildman–Crippen MR) is 61.6 cm³/mol. The summed E-state index contributed by atoms with van der Waals surface area (Å²) in [6, 6.07) is 5.84. The standard InChI is InChI=1S/C11H14O2S/c1-8(7-14)9-4-5-10(12-2)11(6-9)13-3/h4-8H,1-3H3. The van der Waals surface area contributed by atoms with Crippen molar-refractivity contribution in [3.05, 3.63) is 23.8 Å². The third-order valence-electron chi connectivity index (χ3n) is 2.14. The van der Waals surface area contributed by atoms with Gasteiger partial charge in [0, 0.05) is 5.92 Å². The van der Waals surface area contributed by atoms with Crippen LogP contribution in [0.25, 0.3) is 0 Å². The third-order valence-corrected chi connectivity index (χ3v) is 2.55. The molecule has 1 atom stereocenters. The van der Waals surface area contributed by atoms with Crippen LogP contribution in [0.3, 0.4) is 0 Å². The summed E-state index contributed by atoms with van der Waals surface area (Å²) in [6.45, 7) is 2.05. The molecular formula is C11H14O2S. The minimum absolute atomic E-state index is 0.254. The van der Waals surface area contributed by atoms with Crippen LogP contribution in [0.5, 0.6) is 11.5 Å². The molecular weight excluding hydrogens is 196 g/mol. The Bertz CT molecular complexity index is 323. The summed E-state index contributed by atoms with van der Waals surface area (Å²) < 4.78 is 10.3. The first kappa shape index (κ1) is 11.0. The lowest BCUT2D eigenvalue weighted by Gasteiger charge is -2.11. The zero-order chi connectivity index (χ0) is 10.6. The Morgan fingerprint density at radius 2 is 1.86 bits per heavy atom. The predicted octanol–water partition coefficient (Wildman–Crippen LogP) is 2.81. The van der Waals surface area contributed by atoms with Gasteiger partial charge < -0.3 is 9.47 Å². The van der Waals surface area contributed by atoms with Crippen LogP contribution in [-0.2, 0) is 0 Å². The molecule has 1 aromatic carbocycles. The van der Waals surface area contributed by atoms with E-state index >= 15 is 0 Å². The Hall–Kier alpha value is -1.09. The molecule has 0 saturated carbocycles. The number of ether oxygens (including phenoxy) is 2. The van der Waals surface area contributed by atoms with Gasteiger partial charge in [-0.05, 0) is 23.1 Å². The van der Waals surface area contributed by atoms with E-state index < -0.39 is 0 Å². The van der Waals surface area contributed by atoms with Crippen molar-refractivity contribution >= 4 is 17.6 Å². The van der Waals surface area contributed by atoms with Crippen LogP contribution < -0.4 is 9.47 Å². The summed E-state index contributed by atoms with van der Waals surface area (Å²) >= 11 is 4.90. The van der Waals surface area contributed by atoms with Crippen LogP contribution in [0.4, 0.5) is 0 Å². The van der Waals surface area contributed by atoms with Crippen LogP contribution in [-0.4, -0.2) is 19.6 Å². The Morgan fingerprint density at radius 1 is 1.21 bits per heavy atom. The fraction of sp³-hybridized carbons (Fsp3) is 0.364. The second-order valence-electron chi connectivity index (χ2n) is 3.04. The molecule has 0 bridgehead atoms. The molecule has 0 saturated heterocycles. The molecule has 2 nitrogen and oxygen atoms in total. The van der Waals surface area contributed by atoms with Crippen molar-refractivity contribution in [3.63, 3.8) is 0 Å². The summed E-state index contributed by atoms with van der Waals surface area (Å²) in [5.41, 5.74) is 1.14. The maximum atomic E-state index is 5.20. The first-order valence-corrected chi connectivity index (χ1v) is 4.87. The van der Waals surface area contributed by atoms with Crippen molar-refractivity contribution in [3.8, 4) is 11.5 Å². The maximum Gasteiger partial charge on any atom is 0.161 e. The second kappa shape index (κ2) is 4.96. The molecule has 1 aromatic rings. The molecule has 0 N–H and O–H groups in total. The van der Waals surface area contributed by atoms with E-state index in [1.54, 1.807) is 19.6 Å². The van der Waals surface area contributed by atoms with Crippen molar-refractivity contribution in [1.82, 2.24) is 0 Å². The van der Waals surface area contributed by atoms with Gasteiger partial charge in [0.1, 0.15) is 0 Å². The van der Waals surface area contributed by atoms with E-state index in [4.69, 9.17) is 21.7 Å². The molecule has 1 unspecified atom stereocenters. The smallest absolute Gasteiger partial charge is 0.161 e. The maximum absolute atomic E-state index is 5.20. The van der Waals surface area contributed by atoms with Gasteiger partial charge in [0.2, 0.25) is 0 Å². The normalized spacial score (nSPS) is 11.9. The van der Waals surface area contributed by atoms with Crippen LogP contribution in [0.1, 0.15) is 18.4 Å². The van der Waals surface area contributed by atoms with Crippen LogP contribution in [0.15, 0.2) is 18.2 Å². The highest BCUT2D eigenvalue weighted by Gasteiger charge is 2.07. The highest BCUT2D eigenvalue weighted by atomic mass is 32.1. The molecule has 3 heteroatoms. The van der Waals surface area contributed by atoms with Gasteiger partial charge in [0.15, 0.2) is 11.5 Å². The fourth-order valence-electron chi connectivity index (χ4n) is 1.21. The first-order valence-electron chi connectivity index (χ1n) is 4.40. The van der Waals surface area contributed by atoms with E-state index in [0.717, 1.165) is 17.1 Å². The largest absolute Gasteiger partial charge is 0.493 e. The molecule has 0 heterocycles. The van der Waals surface area contributed by atoms with Crippen molar-refractivity contribution in [2.45, 2.75) is 12.8 Å². The van der Waals surface area contributed by atoms with Gasteiger partial charge in [0.05, 0.1) is 14.2 Å². The molecule has 0 aliphatic rings. The molecule has 0 aliphatic carbocycles. The van der Waals surface area contributed by atoms with E-state index in [2.05, 4.69) is 0 Å². The molecule has 0 radical (unpaired) electrons. The van der Waals surface area contributed by atoms with Gasteiger partial charge in [-0.3, -0.25) is 0 Å². The van der Waals surface area contributed by atoms with Crippen molar-refractivity contribution in [1.29, 1.82) is 0 Å². The summed E-state index contributed by atoms with van der Waals surface area (Å²) in [6.07, 6.45) is 0. The van der Waals surface area contributed by atoms with Gasteiger partial charge >= 0.3 is 0 Å². The topological polar surface area (TPSA) is 18.5 Å². The Balaban J connectivity index is 3.06. The minimum Gasteiger partial charge on any atom is -0.493 e. The third kappa shape index (κ3) is 2.23. The Labute approximate surface area is 89.8 Å². The van der Waals surface area contributed by atoms with Crippen molar-refractivity contribution in [2.75, 3.05) is 14.2 Å².